The summed E-state index contributed by atoms with van der Waals surface area (Å²) in [7, 11) is 0. The largest absolute Gasteiger partial charge is 0.397 e. The highest BCUT2D eigenvalue weighted by Crippen LogP contribution is 2.18. The smallest absolute Gasteiger partial charge is 0.257 e. The van der Waals surface area contributed by atoms with Crippen LogP contribution in [0.15, 0.2) is 30.5 Å². The van der Waals surface area contributed by atoms with Crippen molar-refractivity contribution in [2.45, 2.75) is 20.8 Å². The maximum absolute atomic E-state index is 12.2. The zero-order valence-electron chi connectivity index (χ0n) is 11.3. The summed E-state index contributed by atoms with van der Waals surface area (Å²) in [6.45, 7) is 5.74. The first kappa shape index (κ1) is 13.1. The zero-order chi connectivity index (χ0) is 14.0. The first-order valence-electron chi connectivity index (χ1n) is 6.08. The Labute approximate surface area is 112 Å². The van der Waals surface area contributed by atoms with E-state index in [2.05, 4.69) is 10.3 Å². The normalized spacial score (nSPS) is 10.3. The third kappa shape index (κ3) is 2.91. The predicted octanol–water partition coefficient (Wildman–Crippen LogP) is 2.84. The molecule has 1 aromatic heterocycles. The van der Waals surface area contributed by atoms with Crippen molar-refractivity contribution in [3.63, 3.8) is 0 Å². The van der Waals surface area contributed by atoms with Crippen molar-refractivity contribution in [1.82, 2.24) is 4.98 Å². The van der Waals surface area contributed by atoms with Crippen molar-refractivity contribution in [3.8, 4) is 0 Å². The van der Waals surface area contributed by atoms with Gasteiger partial charge in [-0.25, -0.2) is 0 Å². The van der Waals surface area contributed by atoms with Gasteiger partial charge in [-0.15, -0.1) is 0 Å². The molecule has 0 radical (unpaired) electrons. The van der Waals surface area contributed by atoms with Crippen molar-refractivity contribution in [2.75, 3.05) is 11.1 Å². The van der Waals surface area contributed by atoms with Crippen molar-refractivity contribution < 1.29 is 4.79 Å². The van der Waals surface area contributed by atoms with Gasteiger partial charge in [-0.3, -0.25) is 9.78 Å². The quantitative estimate of drug-likeness (QED) is 0.867. The van der Waals surface area contributed by atoms with Crippen molar-refractivity contribution in [1.29, 1.82) is 0 Å². The van der Waals surface area contributed by atoms with Crippen LogP contribution in [0.5, 0.6) is 0 Å². The third-order valence-corrected chi connectivity index (χ3v) is 2.99. The molecule has 2 aromatic rings. The van der Waals surface area contributed by atoms with Gasteiger partial charge in [0, 0.05) is 5.69 Å². The molecule has 0 aliphatic carbocycles. The third-order valence-electron chi connectivity index (χ3n) is 2.99. The molecule has 4 heteroatoms. The number of aryl methyl sites for hydroxylation is 3. The number of nitrogen functional groups attached to an aromatic ring is 1. The Hall–Kier alpha value is -2.36. The molecule has 1 aromatic carbocycles. The summed E-state index contributed by atoms with van der Waals surface area (Å²) in [5.74, 6) is -0.189. The summed E-state index contributed by atoms with van der Waals surface area (Å²) in [5, 5.41) is 2.90. The van der Waals surface area contributed by atoms with E-state index in [1.54, 1.807) is 19.2 Å². The minimum atomic E-state index is -0.189. The topological polar surface area (TPSA) is 68.0 Å². The molecule has 0 aliphatic heterocycles. The van der Waals surface area contributed by atoms with Gasteiger partial charge in [0.15, 0.2) is 0 Å². The van der Waals surface area contributed by atoms with Crippen LogP contribution in [-0.4, -0.2) is 10.9 Å². The lowest BCUT2D eigenvalue weighted by Gasteiger charge is -2.11. The highest BCUT2D eigenvalue weighted by Gasteiger charge is 2.11. The molecule has 0 saturated carbocycles. The first-order chi connectivity index (χ1) is 8.97. The van der Waals surface area contributed by atoms with Gasteiger partial charge in [-0.1, -0.05) is 12.1 Å². The molecular formula is C15H17N3O. The molecule has 0 spiro atoms. The van der Waals surface area contributed by atoms with E-state index in [4.69, 9.17) is 5.73 Å². The number of carbonyl (C=O) groups is 1. The van der Waals surface area contributed by atoms with Gasteiger partial charge >= 0.3 is 0 Å². The number of pyridine rings is 1. The van der Waals surface area contributed by atoms with Crippen LogP contribution in [0, 0.1) is 20.8 Å². The number of amides is 1. The zero-order valence-corrected chi connectivity index (χ0v) is 11.3. The molecule has 4 nitrogen and oxygen atoms in total. The molecule has 0 bridgehead atoms. The van der Waals surface area contributed by atoms with Crippen LogP contribution in [0.4, 0.5) is 11.4 Å². The van der Waals surface area contributed by atoms with Gasteiger partial charge in [0.2, 0.25) is 0 Å². The SMILES string of the molecule is Cc1ccc(C)c(NC(=O)c2cc(N)cnc2C)c1. The second-order valence-electron chi connectivity index (χ2n) is 4.67. The molecule has 1 amide bonds. The second-order valence-corrected chi connectivity index (χ2v) is 4.67. The Morgan fingerprint density at radius 2 is 1.95 bits per heavy atom. The van der Waals surface area contributed by atoms with E-state index in [0.717, 1.165) is 16.8 Å². The van der Waals surface area contributed by atoms with Gasteiger partial charge in [0.05, 0.1) is 23.1 Å². The van der Waals surface area contributed by atoms with E-state index >= 15 is 0 Å². The Bertz CT molecular complexity index is 635. The minimum absolute atomic E-state index is 0.189. The summed E-state index contributed by atoms with van der Waals surface area (Å²) in [4.78, 5) is 16.3. The van der Waals surface area contributed by atoms with Gasteiger partial charge in [0.25, 0.3) is 5.91 Å². The van der Waals surface area contributed by atoms with Crippen molar-refractivity contribution in [3.05, 3.63) is 52.8 Å². The monoisotopic (exact) mass is 255 g/mol. The van der Waals surface area contributed by atoms with Gasteiger partial charge in [-0.05, 0) is 44.0 Å². The lowest BCUT2D eigenvalue weighted by Crippen LogP contribution is -2.15. The Balaban J connectivity index is 2.30. The predicted molar refractivity (Wildman–Crippen MR) is 77.3 cm³/mol. The Morgan fingerprint density at radius 3 is 2.68 bits per heavy atom. The number of rotatable bonds is 2. The number of nitrogens with one attached hydrogen (secondary N) is 1. The van der Waals surface area contributed by atoms with Gasteiger partial charge in [0.1, 0.15) is 0 Å². The average molecular weight is 255 g/mol. The van der Waals surface area contributed by atoms with Gasteiger partial charge < -0.3 is 11.1 Å². The number of hydrogen-bond acceptors (Lipinski definition) is 3. The van der Waals surface area contributed by atoms with Gasteiger partial charge in [-0.2, -0.15) is 0 Å². The van der Waals surface area contributed by atoms with Crippen LogP contribution < -0.4 is 11.1 Å². The molecular weight excluding hydrogens is 238 g/mol. The van der Waals surface area contributed by atoms with E-state index in [1.807, 2.05) is 32.0 Å². The van der Waals surface area contributed by atoms with E-state index in [1.165, 1.54) is 0 Å². The molecule has 0 atom stereocenters. The minimum Gasteiger partial charge on any atom is -0.397 e. The lowest BCUT2D eigenvalue weighted by atomic mass is 10.1. The Morgan fingerprint density at radius 1 is 1.21 bits per heavy atom. The number of nitrogens with zero attached hydrogens (tertiary/aromatic N) is 1. The number of aromatic nitrogens is 1. The fourth-order valence-electron chi connectivity index (χ4n) is 1.84. The summed E-state index contributed by atoms with van der Waals surface area (Å²) >= 11 is 0. The fraction of sp³-hybridized carbons (Fsp3) is 0.200. The van der Waals surface area contributed by atoms with Crippen LogP contribution in [-0.2, 0) is 0 Å². The molecule has 2 rings (SSSR count). The van der Waals surface area contributed by atoms with Crippen LogP contribution in [0.2, 0.25) is 0 Å². The van der Waals surface area contributed by atoms with E-state index in [-0.39, 0.29) is 5.91 Å². The molecule has 3 N–H and O–H groups in total. The summed E-state index contributed by atoms with van der Waals surface area (Å²) in [5.41, 5.74) is 10.3. The van der Waals surface area contributed by atoms with Crippen LogP contribution in [0.25, 0.3) is 0 Å². The molecule has 0 saturated heterocycles. The van der Waals surface area contributed by atoms with Crippen LogP contribution in [0.3, 0.4) is 0 Å². The summed E-state index contributed by atoms with van der Waals surface area (Å²) < 4.78 is 0. The first-order valence-corrected chi connectivity index (χ1v) is 6.08. The maximum Gasteiger partial charge on any atom is 0.257 e. The lowest BCUT2D eigenvalue weighted by molar-refractivity contribution is 0.102. The van der Waals surface area contributed by atoms with E-state index < -0.39 is 0 Å². The molecule has 0 unspecified atom stereocenters. The van der Waals surface area contributed by atoms with Crippen LogP contribution >= 0.6 is 0 Å². The molecule has 1 heterocycles. The number of carbonyl (C=O) groups excluding carboxylic acids is 1. The van der Waals surface area contributed by atoms with Crippen molar-refractivity contribution >= 4 is 17.3 Å². The second kappa shape index (κ2) is 5.10. The number of nitrogens with two attached hydrogens (primary N) is 1. The standard InChI is InChI=1S/C15H17N3O/c1-9-4-5-10(2)14(6-9)18-15(19)13-7-12(16)8-17-11(13)3/h4-8H,16H2,1-3H3,(H,18,19). The highest BCUT2D eigenvalue weighted by atomic mass is 16.1. The summed E-state index contributed by atoms with van der Waals surface area (Å²) in [6.07, 6.45) is 1.55. The number of benzene rings is 1. The molecule has 19 heavy (non-hydrogen) atoms. The van der Waals surface area contributed by atoms with Crippen molar-refractivity contribution in [2.24, 2.45) is 0 Å². The fourth-order valence-corrected chi connectivity index (χ4v) is 1.84. The van der Waals surface area contributed by atoms with Crippen LogP contribution in [0.1, 0.15) is 27.2 Å². The number of anilines is 2. The molecule has 0 aliphatic rings. The van der Waals surface area contributed by atoms with E-state index in [9.17, 15) is 4.79 Å². The van der Waals surface area contributed by atoms with E-state index in [0.29, 0.717) is 16.9 Å². The molecule has 98 valence electrons. The maximum atomic E-state index is 12.2. The Kier molecular flexibility index (Phi) is 3.51. The number of hydrogen-bond donors (Lipinski definition) is 2. The summed E-state index contributed by atoms with van der Waals surface area (Å²) in [6, 6.07) is 7.58. The molecule has 0 fully saturated rings. The average Bonchev–Trinajstić information content (AvgIpc) is 2.36. The highest BCUT2D eigenvalue weighted by molar-refractivity contribution is 6.05.